The Kier molecular flexibility index (Phi) is 8.06. The molecule has 5 nitrogen and oxygen atoms in total. The number of nitrogens with one attached hydrogen (secondary N) is 2. The fourth-order valence-corrected chi connectivity index (χ4v) is 3.26. The van der Waals surface area contributed by atoms with E-state index in [1.165, 1.54) is 38.0 Å². The van der Waals surface area contributed by atoms with Crippen LogP contribution in [-0.2, 0) is 0 Å². The van der Waals surface area contributed by atoms with Crippen LogP contribution in [0.5, 0.6) is 5.75 Å². The monoisotopic (exact) mass is 346 g/mol. The lowest BCUT2D eigenvalue weighted by atomic mass is 10.1. The molecule has 1 heterocycles. The van der Waals surface area contributed by atoms with Crippen LogP contribution < -0.4 is 15.4 Å². The van der Waals surface area contributed by atoms with E-state index in [9.17, 15) is 0 Å². The van der Waals surface area contributed by atoms with Gasteiger partial charge in [-0.3, -0.25) is 4.99 Å². The van der Waals surface area contributed by atoms with Crippen molar-refractivity contribution in [3.63, 3.8) is 0 Å². The highest BCUT2D eigenvalue weighted by molar-refractivity contribution is 5.79. The number of nitrogens with zero attached hydrogens (tertiary/aromatic N) is 2. The SMILES string of the molecule is CCCN1CCC(CNC(=NC)NCC(C)Oc2cccc(C)c2)C1. The molecule has 5 heteroatoms. The third-order valence-corrected chi connectivity index (χ3v) is 4.58. The molecular formula is C20H34N4O. The summed E-state index contributed by atoms with van der Waals surface area (Å²) in [5.41, 5.74) is 1.21. The maximum atomic E-state index is 5.96. The molecule has 0 saturated carbocycles. The van der Waals surface area contributed by atoms with Gasteiger partial charge in [-0.25, -0.2) is 0 Å². The standard InChI is InChI=1S/C20H34N4O/c1-5-10-24-11-9-18(15-24)14-23-20(21-4)22-13-17(3)25-19-8-6-7-16(2)12-19/h6-8,12,17-18H,5,9-11,13-15H2,1-4H3,(H2,21,22,23). The number of likely N-dealkylation sites (tertiary alicyclic amines) is 1. The van der Waals surface area contributed by atoms with Crippen LogP contribution in [0.15, 0.2) is 29.3 Å². The lowest BCUT2D eigenvalue weighted by molar-refractivity contribution is 0.223. The van der Waals surface area contributed by atoms with Crippen molar-refractivity contribution in [2.75, 3.05) is 39.8 Å². The third kappa shape index (κ3) is 6.94. The van der Waals surface area contributed by atoms with Crippen LogP contribution in [0.4, 0.5) is 0 Å². The van der Waals surface area contributed by atoms with Crippen LogP contribution >= 0.6 is 0 Å². The quantitative estimate of drug-likeness (QED) is 0.561. The van der Waals surface area contributed by atoms with Crippen LogP contribution in [0.3, 0.4) is 0 Å². The van der Waals surface area contributed by atoms with Gasteiger partial charge >= 0.3 is 0 Å². The van der Waals surface area contributed by atoms with Crippen LogP contribution in [-0.4, -0.2) is 56.7 Å². The normalized spacial score (nSPS) is 19.7. The fraction of sp³-hybridized carbons (Fsp3) is 0.650. The average Bonchev–Trinajstić information content (AvgIpc) is 3.03. The summed E-state index contributed by atoms with van der Waals surface area (Å²) in [5.74, 6) is 2.49. The highest BCUT2D eigenvalue weighted by Crippen LogP contribution is 2.15. The van der Waals surface area contributed by atoms with E-state index in [-0.39, 0.29) is 6.10 Å². The number of guanidine groups is 1. The highest BCUT2D eigenvalue weighted by atomic mass is 16.5. The number of ether oxygens (including phenoxy) is 1. The van der Waals surface area contributed by atoms with Gasteiger partial charge in [0.1, 0.15) is 11.9 Å². The Hall–Kier alpha value is -1.75. The molecule has 2 rings (SSSR count). The smallest absolute Gasteiger partial charge is 0.191 e. The van der Waals surface area contributed by atoms with E-state index in [0.717, 1.165) is 24.8 Å². The number of aryl methyl sites for hydroxylation is 1. The predicted molar refractivity (Wildman–Crippen MR) is 105 cm³/mol. The Balaban J connectivity index is 1.68. The summed E-state index contributed by atoms with van der Waals surface area (Å²) in [4.78, 5) is 6.88. The van der Waals surface area contributed by atoms with Gasteiger partial charge in [0.25, 0.3) is 0 Å². The molecular weight excluding hydrogens is 312 g/mol. The summed E-state index contributed by atoms with van der Waals surface area (Å²) in [6.45, 7) is 11.7. The summed E-state index contributed by atoms with van der Waals surface area (Å²) in [7, 11) is 1.82. The van der Waals surface area contributed by atoms with E-state index in [1.807, 2.05) is 19.2 Å². The van der Waals surface area contributed by atoms with Crippen LogP contribution in [0.1, 0.15) is 32.3 Å². The molecule has 2 unspecified atom stereocenters. The van der Waals surface area contributed by atoms with Crippen molar-refractivity contribution in [2.45, 2.75) is 39.7 Å². The second-order valence-corrected chi connectivity index (χ2v) is 7.03. The molecule has 1 aromatic carbocycles. The molecule has 25 heavy (non-hydrogen) atoms. The summed E-state index contributed by atoms with van der Waals surface area (Å²) >= 11 is 0. The Labute approximate surface area is 152 Å². The molecule has 0 radical (unpaired) electrons. The van der Waals surface area contributed by atoms with E-state index < -0.39 is 0 Å². The summed E-state index contributed by atoms with van der Waals surface area (Å²) in [6, 6.07) is 8.16. The molecule has 0 amide bonds. The van der Waals surface area contributed by atoms with Gasteiger partial charge in [0.2, 0.25) is 0 Å². The molecule has 0 spiro atoms. The summed E-state index contributed by atoms with van der Waals surface area (Å²) in [5, 5.41) is 6.82. The minimum absolute atomic E-state index is 0.0758. The maximum absolute atomic E-state index is 5.96. The van der Waals surface area contributed by atoms with Gasteiger partial charge in [0.05, 0.1) is 6.54 Å². The van der Waals surface area contributed by atoms with Crippen LogP contribution in [0.2, 0.25) is 0 Å². The summed E-state index contributed by atoms with van der Waals surface area (Å²) < 4.78 is 5.96. The molecule has 140 valence electrons. The zero-order chi connectivity index (χ0) is 18.1. The molecule has 1 fully saturated rings. The van der Waals surface area contributed by atoms with Crippen molar-refractivity contribution in [3.05, 3.63) is 29.8 Å². The van der Waals surface area contributed by atoms with Crippen molar-refractivity contribution in [3.8, 4) is 5.75 Å². The lowest BCUT2D eigenvalue weighted by Gasteiger charge is -2.19. The first-order chi connectivity index (χ1) is 12.1. The zero-order valence-corrected chi connectivity index (χ0v) is 16.2. The molecule has 0 aromatic heterocycles. The van der Waals surface area contributed by atoms with Gasteiger partial charge in [-0.1, -0.05) is 19.1 Å². The minimum atomic E-state index is 0.0758. The average molecular weight is 347 g/mol. The van der Waals surface area contributed by atoms with E-state index >= 15 is 0 Å². The van der Waals surface area contributed by atoms with E-state index in [4.69, 9.17) is 4.74 Å². The van der Waals surface area contributed by atoms with Crippen LogP contribution in [0.25, 0.3) is 0 Å². The molecule has 1 aromatic rings. The second kappa shape index (κ2) is 10.3. The second-order valence-electron chi connectivity index (χ2n) is 7.03. The first kappa shape index (κ1) is 19.6. The lowest BCUT2D eigenvalue weighted by Crippen LogP contribution is -2.43. The van der Waals surface area contributed by atoms with Gasteiger partial charge in [-0.2, -0.15) is 0 Å². The summed E-state index contributed by atoms with van der Waals surface area (Å²) in [6.07, 6.45) is 2.59. The molecule has 2 N–H and O–H groups in total. The third-order valence-electron chi connectivity index (χ3n) is 4.58. The number of hydrogen-bond acceptors (Lipinski definition) is 3. The molecule has 0 bridgehead atoms. The Morgan fingerprint density at radius 3 is 2.96 bits per heavy atom. The molecule has 1 saturated heterocycles. The fourth-order valence-electron chi connectivity index (χ4n) is 3.26. The van der Waals surface area contributed by atoms with Gasteiger partial charge < -0.3 is 20.3 Å². The van der Waals surface area contributed by atoms with Crippen molar-refractivity contribution in [1.82, 2.24) is 15.5 Å². The minimum Gasteiger partial charge on any atom is -0.489 e. The van der Waals surface area contributed by atoms with E-state index in [1.54, 1.807) is 0 Å². The Morgan fingerprint density at radius 2 is 2.24 bits per heavy atom. The van der Waals surface area contributed by atoms with E-state index in [2.05, 4.69) is 53.4 Å². The highest BCUT2D eigenvalue weighted by Gasteiger charge is 2.21. The molecule has 0 aliphatic carbocycles. The van der Waals surface area contributed by atoms with Crippen molar-refractivity contribution < 1.29 is 4.74 Å². The Morgan fingerprint density at radius 1 is 1.40 bits per heavy atom. The van der Waals surface area contributed by atoms with Crippen molar-refractivity contribution >= 4 is 5.96 Å². The largest absolute Gasteiger partial charge is 0.489 e. The molecule has 1 aliphatic rings. The topological polar surface area (TPSA) is 48.9 Å². The number of benzene rings is 1. The maximum Gasteiger partial charge on any atom is 0.191 e. The zero-order valence-electron chi connectivity index (χ0n) is 16.2. The van der Waals surface area contributed by atoms with E-state index in [0.29, 0.717) is 5.92 Å². The first-order valence-corrected chi connectivity index (χ1v) is 9.51. The number of rotatable bonds is 8. The predicted octanol–water partition coefficient (Wildman–Crippen LogP) is 2.66. The molecule has 2 atom stereocenters. The molecule has 1 aliphatic heterocycles. The first-order valence-electron chi connectivity index (χ1n) is 9.51. The van der Waals surface area contributed by atoms with Gasteiger partial charge in [0, 0.05) is 20.1 Å². The number of hydrogen-bond donors (Lipinski definition) is 2. The van der Waals surface area contributed by atoms with Gasteiger partial charge in [-0.05, 0) is 63.4 Å². The Bertz CT molecular complexity index is 546. The van der Waals surface area contributed by atoms with Gasteiger partial charge in [0.15, 0.2) is 5.96 Å². The number of aliphatic imine (C=N–C) groups is 1. The van der Waals surface area contributed by atoms with Crippen LogP contribution in [0, 0.1) is 12.8 Å². The van der Waals surface area contributed by atoms with Crippen molar-refractivity contribution in [1.29, 1.82) is 0 Å². The van der Waals surface area contributed by atoms with Crippen molar-refractivity contribution in [2.24, 2.45) is 10.9 Å². The van der Waals surface area contributed by atoms with Gasteiger partial charge in [-0.15, -0.1) is 0 Å².